The minimum atomic E-state index is -0.235. The number of hydrogen-bond donors (Lipinski definition) is 0. The second-order valence-electron chi connectivity index (χ2n) is 7.84. The van der Waals surface area contributed by atoms with Gasteiger partial charge in [0.25, 0.3) is 11.5 Å². The number of carbonyl (C=O) groups excluding carboxylic acids is 1. The van der Waals surface area contributed by atoms with Crippen molar-refractivity contribution in [3.8, 4) is 33.9 Å². The summed E-state index contributed by atoms with van der Waals surface area (Å²) in [6.07, 6.45) is 0. The van der Waals surface area contributed by atoms with Crippen LogP contribution in [0, 0.1) is 0 Å². The maximum absolute atomic E-state index is 12.9. The van der Waals surface area contributed by atoms with Crippen LogP contribution < -0.4 is 10.3 Å². The van der Waals surface area contributed by atoms with E-state index in [-0.39, 0.29) is 11.5 Å². The van der Waals surface area contributed by atoms with Crippen LogP contribution >= 0.6 is 0 Å². The number of amides is 1. The average Bonchev–Trinajstić information content (AvgIpc) is 2.87. The first-order valence-electron chi connectivity index (χ1n) is 11.3. The van der Waals surface area contributed by atoms with Gasteiger partial charge >= 0.3 is 0 Å². The summed E-state index contributed by atoms with van der Waals surface area (Å²) >= 11 is 0. The van der Waals surface area contributed by atoms with E-state index in [0.717, 1.165) is 11.1 Å². The van der Waals surface area contributed by atoms with Crippen LogP contribution in [-0.4, -0.2) is 33.7 Å². The maximum Gasteiger partial charge on any atom is 0.267 e. The summed E-state index contributed by atoms with van der Waals surface area (Å²) in [5, 5.41) is 4.59. The molecule has 0 atom stereocenters. The zero-order valence-corrected chi connectivity index (χ0v) is 19.6. The quantitative estimate of drug-likeness (QED) is 0.376. The number of ether oxygens (including phenoxy) is 1. The first-order valence-corrected chi connectivity index (χ1v) is 11.3. The molecule has 1 aromatic heterocycles. The van der Waals surface area contributed by atoms with Gasteiger partial charge in [0.1, 0.15) is 17.2 Å². The lowest BCUT2D eigenvalue weighted by Gasteiger charge is -2.19. The van der Waals surface area contributed by atoms with Crippen LogP contribution in [0.5, 0.6) is 11.5 Å². The van der Waals surface area contributed by atoms with Crippen molar-refractivity contribution in [2.75, 3.05) is 13.1 Å². The SMILES string of the molecule is CCN(CC)C(=O)c1cccc(-c2cc(=O)n(C)nc2-c2ccccc2Oc2ccccc2)c1. The van der Waals surface area contributed by atoms with E-state index in [4.69, 9.17) is 4.74 Å². The van der Waals surface area contributed by atoms with Gasteiger partial charge in [-0.05, 0) is 55.8 Å². The van der Waals surface area contributed by atoms with Crippen LogP contribution in [0.1, 0.15) is 24.2 Å². The molecule has 6 heteroatoms. The Balaban J connectivity index is 1.85. The van der Waals surface area contributed by atoms with Gasteiger partial charge in [-0.2, -0.15) is 5.10 Å². The molecular formula is C28H27N3O3. The van der Waals surface area contributed by atoms with E-state index in [9.17, 15) is 9.59 Å². The van der Waals surface area contributed by atoms with E-state index < -0.39 is 0 Å². The van der Waals surface area contributed by atoms with Crippen LogP contribution in [0.15, 0.2) is 89.7 Å². The Morgan fingerprint density at radius 1 is 0.882 bits per heavy atom. The lowest BCUT2D eigenvalue weighted by Crippen LogP contribution is -2.30. The number of nitrogens with zero attached hydrogens (tertiary/aromatic N) is 3. The third kappa shape index (κ3) is 4.76. The fourth-order valence-corrected chi connectivity index (χ4v) is 3.84. The topological polar surface area (TPSA) is 64.4 Å². The lowest BCUT2D eigenvalue weighted by molar-refractivity contribution is 0.0773. The minimum absolute atomic E-state index is 0.0435. The van der Waals surface area contributed by atoms with Crippen molar-refractivity contribution in [1.82, 2.24) is 14.7 Å². The highest BCUT2D eigenvalue weighted by atomic mass is 16.5. The number of para-hydroxylation sites is 2. The van der Waals surface area contributed by atoms with Gasteiger partial charge in [-0.15, -0.1) is 0 Å². The Bertz CT molecular complexity index is 1360. The highest BCUT2D eigenvalue weighted by Gasteiger charge is 2.18. The molecule has 0 spiro atoms. The van der Waals surface area contributed by atoms with Crippen molar-refractivity contribution in [3.05, 3.63) is 101 Å². The Kier molecular flexibility index (Phi) is 6.87. The summed E-state index contributed by atoms with van der Waals surface area (Å²) in [7, 11) is 1.62. The van der Waals surface area contributed by atoms with Crippen LogP contribution in [-0.2, 0) is 7.05 Å². The maximum atomic E-state index is 12.9. The monoisotopic (exact) mass is 453 g/mol. The largest absolute Gasteiger partial charge is 0.457 e. The lowest BCUT2D eigenvalue weighted by atomic mass is 9.97. The molecule has 0 N–H and O–H groups in total. The fourth-order valence-electron chi connectivity index (χ4n) is 3.84. The third-order valence-electron chi connectivity index (χ3n) is 5.68. The second-order valence-corrected chi connectivity index (χ2v) is 7.84. The Labute approximate surface area is 199 Å². The summed E-state index contributed by atoms with van der Waals surface area (Å²) in [5.74, 6) is 1.28. The predicted molar refractivity (Wildman–Crippen MR) is 134 cm³/mol. The summed E-state index contributed by atoms with van der Waals surface area (Å²) < 4.78 is 7.47. The molecule has 0 saturated heterocycles. The number of rotatable bonds is 7. The molecular weight excluding hydrogens is 426 g/mol. The van der Waals surface area contributed by atoms with Gasteiger partial charge < -0.3 is 9.64 Å². The molecule has 1 amide bonds. The fraction of sp³-hybridized carbons (Fsp3) is 0.179. The number of aryl methyl sites for hydroxylation is 1. The normalized spacial score (nSPS) is 10.7. The molecule has 34 heavy (non-hydrogen) atoms. The zero-order valence-electron chi connectivity index (χ0n) is 19.6. The molecule has 3 aromatic carbocycles. The van der Waals surface area contributed by atoms with Gasteiger partial charge in [0.2, 0.25) is 0 Å². The molecule has 0 aliphatic rings. The van der Waals surface area contributed by atoms with Gasteiger partial charge in [-0.3, -0.25) is 9.59 Å². The van der Waals surface area contributed by atoms with E-state index in [1.54, 1.807) is 24.1 Å². The standard InChI is InChI=1S/C28H27N3O3/c1-4-31(5-2)28(33)21-13-11-12-20(18-21)24-19-26(32)30(3)29-27(24)23-16-9-10-17-25(23)34-22-14-7-6-8-15-22/h6-19H,4-5H2,1-3H3. The molecule has 4 rings (SSSR count). The van der Waals surface area contributed by atoms with Gasteiger partial charge in [0.15, 0.2) is 0 Å². The molecule has 0 aliphatic heterocycles. The van der Waals surface area contributed by atoms with Gasteiger partial charge in [0, 0.05) is 42.9 Å². The molecule has 0 radical (unpaired) electrons. The Morgan fingerprint density at radius 2 is 1.59 bits per heavy atom. The molecule has 0 bridgehead atoms. The van der Waals surface area contributed by atoms with E-state index in [1.807, 2.05) is 86.6 Å². The first kappa shape index (κ1) is 23.0. The Hall–Kier alpha value is -4.19. The zero-order chi connectivity index (χ0) is 24.1. The van der Waals surface area contributed by atoms with Crippen LogP contribution in [0.2, 0.25) is 0 Å². The van der Waals surface area contributed by atoms with E-state index >= 15 is 0 Å². The summed E-state index contributed by atoms with van der Waals surface area (Å²) in [4.78, 5) is 27.3. The van der Waals surface area contributed by atoms with Crippen molar-refractivity contribution >= 4 is 5.91 Å². The first-order chi connectivity index (χ1) is 16.5. The highest BCUT2D eigenvalue weighted by Crippen LogP contribution is 2.37. The molecule has 4 aromatic rings. The van der Waals surface area contributed by atoms with Crippen LogP contribution in [0.25, 0.3) is 22.4 Å². The Morgan fingerprint density at radius 3 is 2.32 bits per heavy atom. The summed E-state index contributed by atoms with van der Waals surface area (Å²) in [6, 6.07) is 26.0. The van der Waals surface area contributed by atoms with Crippen molar-refractivity contribution in [3.63, 3.8) is 0 Å². The molecule has 0 unspecified atom stereocenters. The molecule has 0 saturated carbocycles. The molecule has 172 valence electrons. The van der Waals surface area contributed by atoms with Crippen molar-refractivity contribution in [1.29, 1.82) is 0 Å². The smallest absolute Gasteiger partial charge is 0.267 e. The van der Waals surface area contributed by atoms with Crippen molar-refractivity contribution < 1.29 is 9.53 Å². The number of aromatic nitrogens is 2. The molecule has 6 nitrogen and oxygen atoms in total. The molecule has 0 aliphatic carbocycles. The van der Waals surface area contributed by atoms with Crippen molar-refractivity contribution in [2.24, 2.45) is 7.05 Å². The summed E-state index contributed by atoms with van der Waals surface area (Å²) in [5.41, 5.74) is 3.06. The van der Waals surface area contributed by atoms with E-state index in [2.05, 4.69) is 5.10 Å². The van der Waals surface area contributed by atoms with Crippen LogP contribution in [0.3, 0.4) is 0 Å². The highest BCUT2D eigenvalue weighted by molar-refractivity contribution is 5.96. The van der Waals surface area contributed by atoms with E-state index in [0.29, 0.717) is 41.4 Å². The number of carbonyl (C=O) groups is 1. The number of hydrogen-bond acceptors (Lipinski definition) is 4. The summed E-state index contributed by atoms with van der Waals surface area (Å²) in [6.45, 7) is 5.17. The van der Waals surface area contributed by atoms with Crippen molar-refractivity contribution in [2.45, 2.75) is 13.8 Å². The average molecular weight is 454 g/mol. The van der Waals surface area contributed by atoms with Gasteiger partial charge in [0.05, 0.1) is 0 Å². The molecule has 0 fully saturated rings. The van der Waals surface area contributed by atoms with E-state index in [1.165, 1.54) is 4.68 Å². The van der Waals surface area contributed by atoms with Crippen LogP contribution in [0.4, 0.5) is 0 Å². The third-order valence-corrected chi connectivity index (χ3v) is 5.68. The number of benzene rings is 3. The predicted octanol–water partition coefficient (Wildman–Crippen LogP) is 5.39. The van der Waals surface area contributed by atoms with Gasteiger partial charge in [-0.1, -0.05) is 42.5 Å². The second kappa shape index (κ2) is 10.2. The molecule has 1 heterocycles. The minimum Gasteiger partial charge on any atom is -0.457 e. The van der Waals surface area contributed by atoms with Gasteiger partial charge in [-0.25, -0.2) is 4.68 Å².